The number of nitrogens with zero attached hydrogens (tertiary/aromatic N) is 3. The van der Waals surface area contributed by atoms with Crippen molar-refractivity contribution in [3.63, 3.8) is 0 Å². The van der Waals surface area contributed by atoms with Gasteiger partial charge in [-0.05, 0) is 51.3 Å². The highest BCUT2D eigenvalue weighted by Crippen LogP contribution is 2.35. The quantitative estimate of drug-likeness (QED) is 0.398. The first-order valence-corrected chi connectivity index (χ1v) is 10.8. The molecule has 0 unspecified atom stereocenters. The molecule has 4 rings (SSSR count). The van der Waals surface area contributed by atoms with E-state index in [2.05, 4.69) is 4.90 Å². The van der Waals surface area contributed by atoms with Crippen LogP contribution in [0.3, 0.4) is 0 Å². The van der Waals surface area contributed by atoms with Gasteiger partial charge in [0.1, 0.15) is 11.3 Å². The Kier molecular flexibility index (Phi) is 6.11. The SMILES string of the molecule is COc1cccc2sc(N(CCCN(C)C)C(=O)c3cc4cccc(OC)c4o3)nc12. The predicted octanol–water partition coefficient (Wildman–Crippen LogP) is 4.66. The molecule has 0 saturated heterocycles. The summed E-state index contributed by atoms with van der Waals surface area (Å²) in [6.45, 7) is 1.37. The van der Waals surface area contributed by atoms with E-state index < -0.39 is 0 Å². The number of furan rings is 1. The standard InChI is InChI=1S/C23H25N3O4S/c1-25(2)12-7-13-26(23-24-20-16(28-3)9-6-11-19(20)31-23)22(27)18-14-15-8-5-10-17(29-4)21(15)30-18/h5-6,8-11,14H,7,12-13H2,1-4H3. The number of carbonyl (C=O) groups excluding carboxylic acids is 1. The van der Waals surface area contributed by atoms with E-state index in [-0.39, 0.29) is 11.7 Å². The second-order valence-electron chi connectivity index (χ2n) is 7.41. The number of thiazole rings is 1. The van der Waals surface area contributed by atoms with Crippen LogP contribution in [0.25, 0.3) is 21.2 Å². The molecule has 2 heterocycles. The number of benzene rings is 2. The van der Waals surface area contributed by atoms with Crippen LogP contribution in [0.5, 0.6) is 11.5 Å². The largest absolute Gasteiger partial charge is 0.494 e. The van der Waals surface area contributed by atoms with Gasteiger partial charge in [-0.15, -0.1) is 0 Å². The van der Waals surface area contributed by atoms with Gasteiger partial charge in [0.15, 0.2) is 22.2 Å². The molecule has 0 atom stereocenters. The Morgan fingerprint density at radius 1 is 1.06 bits per heavy atom. The second-order valence-corrected chi connectivity index (χ2v) is 8.42. The Hall–Kier alpha value is -3.10. The van der Waals surface area contributed by atoms with Crippen LogP contribution in [0.4, 0.5) is 5.13 Å². The predicted molar refractivity (Wildman–Crippen MR) is 124 cm³/mol. The summed E-state index contributed by atoms with van der Waals surface area (Å²) in [7, 11) is 7.23. The number of rotatable bonds is 8. The number of hydrogen-bond acceptors (Lipinski definition) is 7. The van der Waals surface area contributed by atoms with Crippen LogP contribution in [0.15, 0.2) is 46.9 Å². The summed E-state index contributed by atoms with van der Waals surface area (Å²) >= 11 is 1.47. The zero-order chi connectivity index (χ0) is 22.0. The normalized spacial score (nSPS) is 11.4. The maximum atomic E-state index is 13.5. The van der Waals surface area contributed by atoms with Crippen molar-refractivity contribution in [2.75, 3.05) is 46.3 Å². The molecule has 31 heavy (non-hydrogen) atoms. The smallest absolute Gasteiger partial charge is 0.295 e. The molecule has 0 aliphatic heterocycles. The molecule has 162 valence electrons. The van der Waals surface area contributed by atoms with Crippen LogP contribution >= 0.6 is 11.3 Å². The third-order valence-electron chi connectivity index (χ3n) is 4.99. The Labute approximate surface area is 184 Å². The molecule has 0 spiro atoms. The molecular weight excluding hydrogens is 414 g/mol. The molecular formula is C23H25N3O4S. The van der Waals surface area contributed by atoms with Gasteiger partial charge in [-0.1, -0.05) is 29.5 Å². The molecule has 0 fully saturated rings. The van der Waals surface area contributed by atoms with E-state index in [4.69, 9.17) is 18.9 Å². The zero-order valence-electron chi connectivity index (χ0n) is 18.0. The number of fused-ring (bicyclic) bond motifs is 2. The minimum Gasteiger partial charge on any atom is -0.494 e. The molecule has 0 N–H and O–H groups in total. The van der Waals surface area contributed by atoms with Crippen molar-refractivity contribution in [1.82, 2.24) is 9.88 Å². The molecule has 1 amide bonds. The van der Waals surface area contributed by atoms with Crippen molar-refractivity contribution < 1.29 is 18.7 Å². The van der Waals surface area contributed by atoms with Gasteiger partial charge in [-0.25, -0.2) is 4.98 Å². The zero-order valence-corrected chi connectivity index (χ0v) is 18.9. The van der Waals surface area contributed by atoms with E-state index in [1.807, 2.05) is 50.5 Å². The van der Waals surface area contributed by atoms with Crippen LogP contribution < -0.4 is 14.4 Å². The fourth-order valence-electron chi connectivity index (χ4n) is 3.46. The van der Waals surface area contributed by atoms with Gasteiger partial charge in [0.25, 0.3) is 5.91 Å². The molecule has 0 bridgehead atoms. The average molecular weight is 440 g/mol. The summed E-state index contributed by atoms with van der Waals surface area (Å²) in [5, 5.41) is 1.44. The van der Waals surface area contributed by atoms with Crippen molar-refractivity contribution in [2.45, 2.75) is 6.42 Å². The van der Waals surface area contributed by atoms with Crippen LogP contribution in [-0.2, 0) is 0 Å². The van der Waals surface area contributed by atoms with Crippen molar-refractivity contribution in [1.29, 1.82) is 0 Å². The number of para-hydroxylation sites is 2. The highest BCUT2D eigenvalue weighted by molar-refractivity contribution is 7.22. The minimum absolute atomic E-state index is 0.227. The summed E-state index contributed by atoms with van der Waals surface area (Å²) in [6, 6.07) is 13.1. The van der Waals surface area contributed by atoms with E-state index in [1.54, 1.807) is 25.2 Å². The first kappa shape index (κ1) is 21.1. The van der Waals surface area contributed by atoms with Crippen molar-refractivity contribution in [3.8, 4) is 11.5 Å². The monoisotopic (exact) mass is 439 g/mol. The highest BCUT2D eigenvalue weighted by atomic mass is 32.1. The van der Waals surface area contributed by atoms with Crippen molar-refractivity contribution >= 4 is 43.6 Å². The third-order valence-corrected chi connectivity index (χ3v) is 6.04. The Bertz CT molecular complexity index is 1210. The third kappa shape index (κ3) is 4.22. The molecule has 7 nitrogen and oxygen atoms in total. The van der Waals surface area contributed by atoms with Gasteiger partial charge < -0.3 is 18.8 Å². The van der Waals surface area contributed by atoms with Gasteiger partial charge in [0.2, 0.25) is 0 Å². The topological polar surface area (TPSA) is 68.0 Å². The van der Waals surface area contributed by atoms with E-state index in [0.717, 1.165) is 28.6 Å². The summed E-state index contributed by atoms with van der Waals surface area (Å²) in [5.41, 5.74) is 1.31. The number of carbonyl (C=O) groups is 1. The van der Waals surface area contributed by atoms with Crippen molar-refractivity contribution in [2.24, 2.45) is 0 Å². The Balaban J connectivity index is 1.73. The van der Waals surface area contributed by atoms with Crippen LogP contribution in [0, 0.1) is 0 Å². The van der Waals surface area contributed by atoms with E-state index in [9.17, 15) is 4.79 Å². The maximum Gasteiger partial charge on any atom is 0.295 e. The number of aromatic nitrogens is 1. The van der Waals surface area contributed by atoms with Gasteiger partial charge in [-0.3, -0.25) is 9.69 Å². The molecule has 2 aromatic heterocycles. The number of methoxy groups -OCH3 is 2. The Morgan fingerprint density at radius 3 is 2.55 bits per heavy atom. The molecule has 0 aliphatic carbocycles. The molecule has 4 aromatic rings. The molecule has 2 aromatic carbocycles. The first-order valence-electron chi connectivity index (χ1n) is 9.98. The average Bonchev–Trinajstić information content (AvgIpc) is 3.39. The lowest BCUT2D eigenvalue weighted by molar-refractivity contribution is 0.0961. The first-order chi connectivity index (χ1) is 15.0. The molecule has 0 saturated carbocycles. The number of amides is 1. The Morgan fingerprint density at radius 2 is 1.81 bits per heavy atom. The van der Waals surface area contributed by atoms with Gasteiger partial charge in [0.05, 0.1) is 18.9 Å². The lowest BCUT2D eigenvalue weighted by Crippen LogP contribution is -2.33. The number of hydrogen-bond donors (Lipinski definition) is 0. The molecule has 0 aliphatic rings. The summed E-state index contributed by atoms with van der Waals surface area (Å²) < 4.78 is 17.7. The van der Waals surface area contributed by atoms with Crippen LogP contribution in [0.2, 0.25) is 0 Å². The van der Waals surface area contributed by atoms with E-state index in [0.29, 0.717) is 28.8 Å². The van der Waals surface area contributed by atoms with Crippen molar-refractivity contribution in [3.05, 3.63) is 48.2 Å². The summed E-state index contributed by atoms with van der Waals surface area (Å²) in [4.78, 5) is 22.1. The fraction of sp³-hybridized carbons (Fsp3) is 0.304. The molecule has 0 radical (unpaired) electrons. The van der Waals surface area contributed by atoms with E-state index >= 15 is 0 Å². The number of anilines is 1. The van der Waals surface area contributed by atoms with E-state index in [1.165, 1.54) is 11.3 Å². The van der Waals surface area contributed by atoms with Crippen LogP contribution in [-0.4, -0.2) is 57.2 Å². The minimum atomic E-state index is -0.227. The highest BCUT2D eigenvalue weighted by Gasteiger charge is 2.25. The lowest BCUT2D eigenvalue weighted by atomic mass is 10.2. The fourth-order valence-corrected chi connectivity index (χ4v) is 4.46. The summed E-state index contributed by atoms with van der Waals surface area (Å²) in [6.07, 6.45) is 0.801. The van der Waals surface area contributed by atoms with Gasteiger partial charge in [-0.2, -0.15) is 0 Å². The lowest BCUT2D eigenvalue weighted by Gasteiger charge is -2.19. The van der Waals surface area contributed by atoms with Crippen LogP contribution in [0.1, 0.15) is 17.0 Å². The van der Waals surface area contributed by atoms with Gasteiger partial charge >= 0.3 is 0 Å². The summed E-state index contributed by atoms with van der Waals surface area (Å²) in [5.74, 6) is 1.32. The molecule has 8 heteroatoms. The second kappa shape index (κ2) is 8.95. The maximum absolute atomic E-state index is 13.5. The van der Waals surface area contributed by atoms with Gasteiger partial charge in [0, 0.05) is 11.9 Å². The number of ether oxygens (including phenoxy) is 2.